The largest absolute Gasteiger partial charge is 0.466 e. The van der Waals surface area contributed by atoms with E-state index in [4.69, 9.17) is 4.42 Å². The van der Waals surface area contributed by atoms with Crippen molar-refractivity contribution < 1.29 is 18.8 Å². The lowest BCUT2D eigenvalue weighted by atomic mass is 9.99. The Morgan fingerprint density at radius 3 is 2.58 bits per heavy atom. The van der Waals surface area contributed by atoms with Gasteiger partial charge in [-0.25, -0.2) is 4.79 Å². The average molecular weight is 327 g/mol. The summed E-state index contributed by atoms with van der Waals surface area (Å²) in [6.45, 7) is 3.12. The molecule has 2 aromatic rings. The molecule has 1 fully saturated rings. The predicted octanol–water partition coefficient (Wildman–Crippen LogP) is 1.99. The molecule has 0 spiro atoms. The summed E-state index contributed by atoms with van der Waals surface area (Å²) >= 11 is 0. The first-order valence-corrected chi connectivity index (χ1v) is 7.45. The number of hydrogen-bond acceptors (Lipinski definition) is 4. The number of anilines is 1. The molecule has 1 aromatic carbocycles. The smallest absolute Gasteiger partial charge is 0.325 e. The molecule has 0 saturated carbocycles. The monoisotopic (exact) mass is 327 g/mol. The lowest BCUT2D eigenvalue weighted by Gasteiger charge is -2.18. The number of urea groups is 1. The number of aryl methyl sites for hydroxylation is 1. The molecule has 1 aliphatic heterocycles. The zero-order valence-electron chi connectivity index (χ0n) is 13.3. The summed E-state index contributed by atoms with van der Waals surface area (Å²) in [5.41, 5.74) is 0.368. The van der Waals surface area contributed by atoms with E-state index in [1.807, 2.05) is 19.1 Å². The number of amides is 4. The van der Waals surface area contributed by atoms with Gasteiger partial charge in [-0.1, -0.05) is 17.7 Å². The summed E-state index contributed by atoms with van der Waals surface area (Å²) < 4.78 is 5.24. The molecule has 124 valence electrons. The molecule has 1 atom stereocenters. The van der Waals surface area contributed by atoms with Crippen molar-refractivity contribution >= 4 is 23.5 Å². The normalized spacial score (nSPS) is 20.2. The second-order valence-corrected chi connectivity index (χ2v) is 5.84. The van der Waals surface area contributed by atoms with Crippen molar-refractivity contribution in [2.24, 2.45) is 0 Å². The number of nitrogens with zero attached hydrogens (tertiary/aromatic N) is 1. The third-order valence-corrected chi connectivity index (χ3v) is 3.93. The van der Waals surface area contributed by atoms with Gasteiger partial charge in [0.1, 0.15) is 12.3 Å². The molecule has 7 nitrogen and oxygen atoms in total. The molecule has 1 aromatic heterocycles. The highest BCUT2D eigenvalue weighted by atomic mass is 16.3. The van der Waals surface area contributed by atoms with Gasteiger partial charge in [0, 0.05) is 5.69 Å². The molecule has 4 amide bonds. The van der Waals surface area contributed by atoms with Crippen LogP contribution in [0.2, 0.25) is 0 Å². The minimum atomic E-state index is -1.30. The van der Waals surface area contributed by atoms with Gasteiger partial charge in [-0.3, -0.25) is 14.5 Å². The first-order chi connectivity index (χ1) is 11.4. The summed E-state index contributed by atoms with van der Waals surface area (Å²) in [5.74, 6) is -0.658. The van der Waals surface area contributed by atoms with Gasteiger partial charge in [0.2, 0.25) is 5.91 Å². The van der Waals surface area contributed by atoms with E-state index in [2.05, 4.69) is 10.6 Å². The summed E-state index contributed by atoms with van der Waals surface area (Å²) in [6, 6.07) is 9.84. The van der Waals surface area contributed by atoms with Crippen LogP contribution >= 0.6 is 0 Å². The molecule has 1 saturated heterocycles. The quantitative estimate of drug-likeness (QED) is 0.840. The Balaban J connectivity index is 1.71. The molecule has 3 rings (SSSR count). The summed E-state index contributed by atoms with van der Waals surface area (Å²) in [5, 5.41) is 5.24. The number of imide groups is 1. The van der Waals surface area contributed by atoms with Crippen LogP contribution in [0.15, 0.2) is 47.1 Å². The van der Waals surface area contributed by atoms with Gasteiger partial charge in [0.25, 0.3) is 5.91 Å². The van der Waals surface area contributed by atoms with Crippen molar-refractivity contribution in [1.29, 1.82) is 0 Å². The fourth-order valence-corrected chi connectivity index (χ4v) is 2.55. The Morgan fingerprint density at radius 1 is 1.25 bits per heavy atom. The van der Waals surface area contributed by atoms with Gasteiger partial charge in [-0.2, -0.15) is 0 Å². The van der Waals surface area contributed by atoms with Crippen LogP contribution in [0, 0.1) is 6.92 Å². The van der Waals surface area contributed by atoms with Crippen LogP contribution < -0.4 is 10.6 Å². The van der Waals surface area contributed by atoms with Gasteiger partial charge >= 0.3 is 6.03 Å². The maximum absolute atomic E-state index is 12.6. The highest BCUT2D eigenvalue weighted by Gasteiger charge is 2.51. The second-order valence-electron chi connectivity index (χ2n) is 5.84. The molecule has 2 heterocycles. The fourth-order valence-electron chi connectivity index (χ4n) is 2.55. The van der Waals surface area contributed by atoms with E-state index >= 15 is 0 Å². The van der Waals surface area contributed by atoms with E-state index in [0.29, 0.717) is 11.4 Å². The Labute approximate surface area is 138 Å². The Morgan fingerprint density at radius 2 is 1.96 bits per heavy atom. The summed E-state index contributed by atoms with van der Waals surface area (Å²) in [4.78, 5) is 37.7. The molecule has 1 aliphatic rings. The van der Waals surface area contributed by atoms with Crippen LogP contribution in [0.5, 0.6) is 0 Å². The summed E-state index contributed by atoms with van der Waals surface area (Å²) in [6.07, 6.45) is 1.42. The van der Waals surface area contributed by atoms with Crippen LogP contribution in [0.25, 0.3) is 0 Å². The number of carbonyl (C=O) groups excluding carboxylic acids is 3. The molecule has 24 heavy (non-hydrogen) atoms. The molecule has 2 N–H and O–H groups in total. The number of benzene rings is 1. The Hall–Kier alpha value is -3.09. The van der Waals surface area contributed by atoms with E-state index in [0.717, 1.165) is 10.5 Å². The van der Waals surface area contributed by atoms with Crippen molar-refractivity contribution in [2.75, 3.05) is 11.9 Å². The molecular formula is C17H17N3O4. The predicted molar refractivity (Wildman–Crippen MR) is 86.1 cm³/mol. The van der Waals surface area contributed by atoms with E-state index in [1.54, 1.807) is 31.2 Å². The standard InChI is InChI=1S/C17H17N3O4/c1-11-5-7-12(8-6-11)18-14(21)10-20-15(22)17(2,19-16(20)23)13-4-3-9-24-13/h3-9H,10H2,1-2H3,(H,18,21)(H,19,23)/t17-/m1/s1. The number of furan rings is 1. The fraction of sp³-hybridized carbons (Fsp3) is 0.235. The Bertz CT molecular complexity index is 783. The van der Waals surface area contributed by atoms with Crippen molar-refractivity contribution in [3.63, 3.8) is 0 Å². The molecule has 0 bridgehead atoms. The first kappa shape index (κ1) is 15.8. The van der Waals surface area contributed by atoms with Gasteiger partial charge in [0.05, 0.1) is 6.26 Å². The topological polar surface area (TPSA) is 91.7 Å². The lowest BCUT2D eigenvalue weighted by molar-refractivity contribution is -0.134. The number of hydrogen-bond donors (Lipinski definition) is 2. The van der Waals surface area contributed by atoms with Crippen molar-refractivity contribution in [2.45, 2.75) is 19.4 Å². The van der Waals surface area contributed by atoms with Gasteiger partial charge in [0.15, 0.2) is 5.54 Å². The van der Waals surface area contributed by atoms with E-state index in [-0.39, 0.29) is 6.54 Å². The van der Waals surface area contributed by atoms with Crippen LogP contribution in [0.1, 0.15) is 18.2 Å². The SMILES string of the molecule is Cc1ccc(NC(=O)CN2C(=O)N[C@](C)(c3ccco3)C2=O)cc1. The third-order valence-electron chi connectivity index (χ3n) is 3.93. The van der Waals surface area contributed by atoms with Crippen LogP contribution in [0.3, 0.4) is 0 Å². The lowest BCUT2D eigenvalue weighted by Crippen LogP contribution is -2.41. The van der Waals surface area contributed by atoms with Gasteiger partial charge < -0.3 is 15.1 Å². The van der Waals surface area contributed by atoms with E-state index in [1.165, 1.54) is 6.26 Å². The van der Waals surface area contributed by atoms with E-state index in [9.17, 15) is 14.4 Å². The zero-order valence-corrected chi connectivity index (χ0v) is 13.3. The Kier molecular flexibility index (Phi) is 3.84. The number of rotatable bonds is 4. The highest BCUT2D eigenvalue weighted by molar-refractivity contribution is 6.09. The third kappa shape index (κ3) is 2.76. The molecule has 7 heteroatoms. The number of nitrogens with one attached hydrogen (secondary N) is 2. The van der Waals surface area contributed by atoms with Crippen molar-refractivity contribution in [1.82, 2.24) is 10.2 Å². The molecule has 0 unspecified atom stereocenters. The van der Waals surface area contributed by atoms with Crippen LogP contribution in [-0.2, 0) is 15.1 Å². The average Bonchev–Trinajstić information content (AvgIpc) is 3.14. The maximum atomic E-state index is 12.6. The minimum absolute atomic E-state index is 0.322. The van der Waals surface area contributed by atoms with Crippen LogP contribution in [0.4, 0.5) is 10.5 Å². The molecule has 0 aliphatic carbocycles. The van der Waals surface area contributed by atoms with Crippen molar-refractivity contribution in [3.05, 3.63) is 54.0 Å². The van der Waals surface area contributed by atoms with Gasteiger partial charge in [-0.15, -0.1) is 0 Å². The maximum Gasteiger partial charge on any atom is 0.325 e. The first-order valence-electron chi connectivity index (χ1n) is 7.45. The minimum Gasteiger partial charge on any atom is -0.466 e. The molecule has 0 radical (unpaired) electrons. The van der Waals surface area contributed by atoms with E-state index < -0.39 is 23.4 Å². The second kappa shape index (κ2) is 5.84. The van der Waals surface area contributed by atoms with Crippen LogP contribution in [-0.4, -0.2) is 29.3 Å². The zero-order chi connectivity index (χ0) is 17.3. The molecular weight excluding hydrogens is 310 g/mol. The van der Waals surface area contributed by atoms with Crippen molar-refractivity contribution in [3.8, 4) is 0 Å². The van der Waals surface area contributed by atoms with Gasteiger partial charge in [-0.05, 0) is 38.1 Å². The summed E-state index contributed by atoms with van der Waals surface area (Å²) in [7, 11) is 0. The highest BCUT2D eigenvalue weighted by Crippen LogP contribution is 2.28. The number of carbonyl (C=O) groups is 3.